The lowest BCUT2D eigenvalue weighted by Crippen LogP contribution is -2.55. The first kappa shape index (κ1) is 13.4. The van der Waals surface area contributed by atoms with Crippen LogP contribution in [-0.4, -0.2) is 30.6 Å². The Morgan fingerprint density at radius 1 is 1.12 bits per heavy atom. The fourth-order valence-corrected chi connectivity index (χ4v) is 3.82. The second-order valence-electron chi connectivity index (χ2n) is 6.64. The van der Waals surface area contributed by atoms with Crippen LogP contribution in [0.2, 0.25) is 0 Å². The fourth-order valence-electron chi connectivity index (χ4n) is 3.82. The summed E-state index contributed by atoms with van der Waals surface area (Å²) >= 11 is 0. The Kier molecular flexibility index (Phi) is 4.48. The van der Waals surface area contributed by atoms with Crippen molar-refractivity contribution in [1.82, 2.24) is 4.90 Å². The first-order valence-corrected chi connectivity index (χ1v) is 7.57. The van der Waals surface area contributed by atoms with Gasteiger partial charge < -0.3 is 5.73 Å². The smallest absolute Gasteiger partial charge is 0.0329 e. The average molecular weight is 238 g/mol. The molecule has 0 spiro atoms. The topological polar surface area (TPSA) is 29.3 Å². The quantitative estimate of drug-likeness (QED) is 0.816. The molecule has 100 valence electrons. The number of hydrogen-bond acceptors (Lipinski definition) is 2. The van der Waals surface area contributed by atoms with E-state index in [0.29, 0.717) is 5.54 Å². The summed E-state index contributed by atoms with van der Waals surface area (Å²) in [4.78, 5) is 2.62. The minimum absolute atomic E-state index is 0.328. The van der Waals surface area contributed by atoms with Crippen LogP contribution in [-0.2, 0) is 0 Å². The third-order valence-electron chi connectivity index (χ3n) is 5.40. The summed E-state index contributed by atoms with van der Waals surface area (Å²) in [6.45, 7) is 4.52. The summed E-state index contributed by atoms with van der Waals surface area (Å²) in [6.07, 6.45) is 11.2. The predicted molar refractivity (Wildman–Crippen MR) is 74.0 cm³/mol. The van der Waals surface area contributed by atoms with Crippen molar-refractivity contribution in [3.8, 4) is 0 Å². The van der Waals surface area contributed by atoms with E-state index in [1.54, 1.807) is 0 Å². The molecule has 0 unspecified atom stereocenters. The minimum Gasteiger partial charge on any atom is -0.329 e. The van der Waals surface area contributed by atoms with Gasteiger partial charge >= 0.3 is 0 Å². The highest BCUT2D eigenvalue weighted by Gasteiger charge is 2.37. The SMILES string of the molecule is CC1CCC(CN)(N(C)CC2CCCC2)CC1. The molecular formula is C15H30N2. The van der Waals surface area contributed by atoms with Crippen LogP contribution in [0, 0.1) is 11.8 Å². The van der Waals surface area contributed by atoms with Gasteiger partial charge in [-0.3, -0.25) is 4.90 Å². The lowest BCUT2D eigenvalue weighted by Gasteiger charge is -2.46. The molecule has 2 fully saturated rings. The van der Waals surface area contributed by atoms with Gasteiger partial charge in [-0.25, -0.2) is 0 Å². The van der Waals surface area contributed by atoms with Crippen LogP contribution in [0.5, 0.6) is 0 Å². The number of likely N-dealkylation sites (N-methyl/N-ethyl adjacent to an activating group) is 1. The Balaban J connectivity index is 1.91. The first-order valence-electron chi connectivity index (χ1n) is 7.57. The molecule has 0 amide bonds. The van der Waals surface area contributed by atoms with Gasteiger partial charge in [-0.05, 0) is 57.4 Å². The number of nitrogens with zero attached hydrogens (tertiary/aromatic N) is 1. The van der Waals surface area contributed by atoms with Gasteiger partial charge in [0.15, 0.2) is 0 Å². The minimum atomic E-state index is 0.328. The van der Waals surface area contributed by atoms with E-state index in [0.717, 1.165) is 18.4 Å². The highest BCUT2D eigenvalue weighted by molar-refractivity contribution is 4.95. The molecule has 0 aromatic carbocycles. The molecule has 0 saturated heterocycles. The van der Waals surface area contributed by atoms with Crippen molar-refractivity contribution in [1.29, 1.82) is 0 Å². The number of hydrogen-bond donors (Lipinski definition) is 1. The molecule has 2 nitrogen and oxygen atoms in total. The Morgan fingerprint density at radius 3 is 2.24 bits per heavy atom. The van der Waals surface area contributed by atoms with Crippen LogP contribution in [0.3, 0.4) is 0 Å². The summed E-state index contributed by atoms with van der Waals surface area (Å²) < 4.78 is 0. The van der Waals surface area contributed by atoms with Gasteiger partial charge in [0.1, 0.15) is 0 Å². The van der Waals surface area contributed by atoms with Gasteiger partial charge in [-0.1, -0.05) is 19.8 Å². The maximum absolute atomic E-state index is 6.12. The summed E-state index contributed by atoms with van der Waals surface area (Å²) in [6, 6.07) is 0. The monoisotopic (exact) mass is 238 g/mol. The number of rotatable bonds is 4. The molecule has 0 atom stereocenters. The molecule has 0 aromatic rings. The highest BCUT2D eigenvalue weighted by atomic mass is 15.2. The molecule has 2 rings (SSSR count). The third kappa shape index (κ3) is 3.03. The van der Waals surface area contributed by atoms with E-state index in [1.807, 2.05) is 0 Å². The summed E-state index contributed by atoms with van der Waals surface area (Å²) in [7, 11) is 2.32. The van der Waals surface area contributed by atoms with Gasteiger partial charge in [0, 0.05) is 18.6 Å². The van der Waals surface area contributed by atoms with Gasteiger partial charge in [-0.2, -0.15) is 0 Å². The zero-order chi connectivity index (χ0) is 12.3. The van der Waals surface area contributed by atoms with E-state index in [2.05, 4.69) is 18.9 Å². The van der Waals surface area contributed by atoms with Crippen molar-refractivity contribution in [3.05, 3.63) is 0 Å². The molecule has 2 heteroatoms. The Labute approximate surface area is 107 Å². The van der Waals surface area contributed by atoms with Gasteiger partial charge in [0.25, 0.3) is 0 Å². The Bertz CT molecular complexity index is 225. The van der Waals surface area contributed by atoms with Crippen molar-refractivity contribution in [2.24, 2.45) is 17.6 Å². The molecule has 17 heavy (non-hydrogen) atoms. The first-order chi connectivity index (χ1) is 8.16. The van der Waals surface area contributed by atoms with Crippen LogP contribution >= 0.6 is 0 Å². The predicted octanol–water partition coefficient (Wildman–Crippen LogP) is 3.02. The van der Waals surface area contributed by atoms with Gasteiger partial charge in [0.05, 0.1) is 0 Å². The summed E-state index contributed by atoms with van der Waals surface area (Å²) in [5.74, 6) is 1.86. The van der Waals surface area contributed by atoms with Crippen LogP contribution in [0.25, 0.3) is 0 Å². The van der Waals surface area contributed by atoms with Crippen molar-refractivity contribution in [3.63, 3.8) is 0 Å². The van der Waals surface area contributed by atoms with Crippen molar-refractivity contribution < 1.29 is 0 Å². The third-order valence-corrected chi connectivity index (χ3v) is 5.40. The molecule has 2 saturated carbocycles. The van der Waals surface area contributed by atoms with Crippen molar-refractivity contribution >= 4 is 0 Å². The second kappa shape index (κ2) is 5.71. The standard InChI is InChI=1S/C15H30N2/c1-13-7-9-15(12-16,10-8-13)17(2)11-14-5-3-4-6-14/h13-14H,3-12,16H2,1-2H3. The lowest BCUT2D eigenvalue weighted by atomic mass is 9.76. The van der Waals surface area contributed by atoms with E-state index >= 15 is 0 Å². The maximum Gasteiger partial charge on any atom is 0.0329 e. The normalized spacial score (nSPS) is 35.6. The van der Waals surface area contributed by atoms with E-state index in [1.165, 1.54) is 57.9 Å². The van der Waals surface area contributed by atoms with Crippen molar-refractivity contribution in [2.75, 3.05) is 20.1 Å². The average Bonchev–Trinajstić information content (AvgIpc) is 2.83. The molecule has 2 aliphatic carbocycles. The maximum atomic E-state index is 6.12. The van der Waals surface area contributed by atoms with E-state index in [4.69, 9.17) is 5.73 Å². The zero-order valence-electron chi connectivity index (χ0n) is 11.8. The molecule has 0 aliphatic heterocycles. The Morgan fingerprint density at radius 2 is 1.71 bits per heavy atom. The molecule has 0 radical (unpaired) electrons. The van der Waals surface area contributed by atoms with Crippen LogP contribution in [0.15, 0.2) is 0 Å². The second-order valence-corrected chi connectivity index (χ2v) is 6.64. The lowest BCUT2D eigenvalue weighted by molar-refractivity contribution is 0.0553. The Hall–Kier alpha value is -0.0800. The zero-order valence-corrected chi connectivity index (χ0v) is 11.8. The van der Waals surface area contributed by atoms with E-state index < -0.39 is 0 Å². The van der Waals surface area contributed by atoms with Gasteiger partial charge in [0.2, 0.25) is 0 Å². The van der Waals surface area contributed by atoms with E-state index in [9.17, 15) is 0 Å². The number of nitrogens with two attached hydrogens (primary N) is 1. The largest absolute Gasteiger partial charge is 0.329 e. The van der Waals surface area contributed by atoms with Crippen molar-refractivity contribution in [2.45, 2.75) is 63.8 Å². The molecule has 0 bridgehead atoms. The van der Waals surface area contributed by atoms with Gasteiger partial charge in [-0.15, -0.1) is 0 Å². The van der Waals surface area contributed by atoms with Crippen LogP contribution < -0.4 is 5.73 Å². The highest BCUT2D eigenvalue weighted by Crippen LogP contribution is 2.36. The summed E-state index contributed by atoms with van der Waals surface area (Å²) in [5, 5.41) is 0. The van der Waals surface area contributed by atoms with E-state index in [-0.39, 0.29) is 0 Å². The molecule has 2 aliphatic rings. The molecule has 2 N–H and O–H groups in total. The fraction of sp³-hybridized carbons (Fsp3) is 1.00. The van der Waals surface area contributed by atoms with Crippen LogP contribution in [0.1, 0.15) is 58.3 Å². The molecule has 0 heterocycles. The molecular weight excluding hydrogens is 208 g/mol. The van der Waals surface area contributed by atoms with Crippen LogP contribution in [0.4, 0.5) is 0 Å². The molecule has 0 aromatic heterocycles. The summed E-state index contributed by atoms with van der Waals surface area (Å²) in [5.41, 5.74) is 6.45.